The fraction of sp³-hybridized carbons (Fsp3) is 0.562. The van der Waals surface area contributed by atoms with Crippen LogP contribution in [0.1, 0.15) is 12.8 Å². The van der Waals surface area contributed by atoms with E-state index in [4.69, 9.17) is 9.47 Å². The maximum atomic E-state index is 12.7. The highest BCUT2D eigenvalue weighted by Gasteiger charge is 2.33. The predicted molar refractivity (Wildman–Crippen MR) is 89.4 cm³/mol. The molecule has 1 fully saturated rings. The van der Waals surface area contributed by atoms with Crippen LogP contribution in [0.5, 0.6) is 5.75 Å². The highest BCUT2D eigenvalue weighted by molar-refractivity contribution is 7.89. The molecular formula is C16H24N2O5S. The molecule has 1 saturated heterocycles. The fourth-order valence-electron chi connectivity index (χ4n) is 2.69. The monoisotopic (exact) mass is 356 g/mol. The molecule has 134 valence electrons. The van der Waals surface area contributed by atoms with Crippen LogP contribution in [-0.4, -0.2) is 59.1 Å². The zero-order chi connectivity index (χ0) is 17.6. The number of benzene rings is 1. The Morgan fingerprint density at radius 3 is 2.62 bits per heavy atom. The first-order chi connectivity index (χ1) is 11.5. The van der Waals surface area contributed by atoms with E-state index in [1.54, 1.807) is 19.2 Å². The molecule has 1 unspecified atom stereocenters. The van der Waals surface area contributed by atoms with E-state index in [0.717, 1.165) is 0 Å². The van der Waals surface area contributed by atoms with E-state index >= 15 is 0 Å². The number of nitrogens with zero attached hydrogens (tertiary/aromatic N) is 1. The minimum Gasteiger partial charge on any atom is -0.497 e. The van der Waals surface area contributed by atoms with Crippen LogP contribution >= 0.6 is 0 Å². The third-order valence-corrected chi connectivity index (χ3v) is 5.94. The summed E-state index contributed by atoms with van der Waals surface area (Å²) in [5.41, 5.74) is 0. The van der Waals surface area contributed by atoms with Gasteiger partial charge in [0, 0.05) is 26.7 Å². The van der Waals surface area contributed by atoms with Crippen LogP contribution in [0.3, 0.4) is 0 Å². The van der Waals surface area contributed by atoms with Crippen molar-refractivity contribution in [1.29, 1.82) is 0 Å². The van der Waals surface area contributed by atoms with Gasteiger partial charge in [-0.2, -0.15) is 4.31 Å². The summed E-state index contributed by atoms with van der Waals surface area (Å²) in [6, 6.07) is 6.28. The highest BCUT2D eigenvalue weighted by atomic mass is 32.2. The molecule has 0 spiro atoms. The molecule has 1 aromatic rings. The molecule has 1 aliphatic rings. The van der Waals surface area contributed by atoms with Gasteiger partial charge in [-0.3, -0.25) is 4.79 Å². The van der Waals surface area contributed by atoms with Crippen molar-refractivity contribution in [2.45, 2.75) is 17.7 Å². The number of piperidine rings is 1. The van der Waals surface area contributed by atoms with E-state index in [1.807, 2.05) is 0 Å². The van der Waals surface area contributed by atoms with Gasteiger partial charge in [0.15, 0.2) is 0 Å². The molecular weight excluding hydrogens is 332 g/mol. The molecule has 1 heterocycles. The molecule has 1 amide bonds. The Balaban J connectivity index is 2.05. The van der Waals surface area contributed by atoms with E-state index in [9.17, 15) is 13.2 Å². The number of methoxy groups -OCH3 is 2. The molecule has 1 atom stereocenters. The smallest absolute Gasteiger partial charge is 0.243 e. The van der Waals surface area contributed by atoms with Crippen molar-refractivity contribution in [2.24, 2.45) is 5.92 Å². The Morgan fingerprint density at radius 2 is 2.00 bits per heavy atom. The lowest BCUT2D eigenvalue weighted by molar-refractivity contribution is -0.126. The van der Waals surface area contributed by atoms with Crippen molar-refractivity contribution in [3.63, 3.8) is 0 Å². The molecule has 1 aromatic carbocycles. The van der Waals surface area contributed by atoms with Gasteiger partial charge >= 0.3 is 0 Å². The van der Waals surface area contributed by atoms with Crippen molar-refractivity contribution in [3.05, 3.63) is 24.3 Å². The number of sulfonamides is 1. The molecule has 1 aliphatic heterocycles. The van der Waals surface area contributed by atoms with Crippen LogP contribution in [0.15, 0.2) is 29.2 Å². The van der Waals surface area contributed by atoms with Gasteiger partial charge in [-0.15, -0.1) is 0 Å². The Kier molecular flexibility index (Phi) is 6.59. The molecule has 8 heteroatoms. The molecule has 24 heavy (non-hydrogen) atoms. The lowest BCUT2D eigenvalue weighted by atomic mass is 9.99. The average molecular weight is 356 g/mol. The summed E-state index contributed by atoms with van der Waals surface area (Å²) in [4.78, 5) is 12.4. The summed E-state index contributed by atoms with van der Waals surface area (Å²) < 4.78 is 36.8. The SMILES string of the molecule is COCCNC(=O)C1CCCN(S(=O)(=O)c2ccc(OC)cc2)C1. The van der Waals surface area contributed by atoms with E-state index in [2.05, 4.69) is 5.32 Å². The van der Waals surface area contributed by atoms with Crippen molar-refractivity contribution in [2.75, 3.05) is 40.5 Å². The summed E-state index contributed by atoms with van der Waals surface area (Å²) in [6.07, 6.45) is 1.35. The van der Waals surface area contributed by atoms with Crippen LogP contribution in [0, 0.1) is 5.92 Å². The van der Waals surface area contributed by atoms with Crippen LogP contribution < -0.4 is 10.1 Å². The van der Waals surface area contributed by atoms with Gasteiger partial charge in [0.25, 0.3) is 0 Å². The lowest BCUT2D eigenvalue weighted by Crippen LogP contribution is -2.45. The zero-order valence-electron chi connectivity index (χ0n) is 14.0. The molecule has 2 rings (SSSR count). The van der Waals surface area contributed by atoms with Crippen molar-refractivity contribution in [1.82, 2.24) is 9.62 Å². The van der Waals surface area contributed by atoms with E-state index < -0.39 is 10.0 Å². The Labute approximate surface area is 143 Å². The van der Waals surface area contributed by atoms with Gasteiger partial charge in [0.05, 0.1) is 24.5 Å². The number of amides is 1. The van der Waals surface area contributed by atoms with Gasteiger partial charge in [0.1, 0.15) is 5.75 Å². The number of ether oxygens (including phenoxy) is 2. The summed E-state index contributed by atoms with van der Waals surface area (Å²) in [5.74, 6) is 0.147. The predicted octanol–water partition coefficient (Wildman–Crippen LogP) is 0.859. The van der Waals surface area contributed by atoms with Crippen LogP contribution in [0.2, 0.25) is 0 Å². The van der Waals surface area contributed by atoms with Crippen molar-refractivity contribution >= 4 is 15.9 Å². The average Bonchev–Trinajstić information content (AvgIpc) is 2.62. The van der Waals surface area contributed by atoms with Gasteiger partial charge in [-0.1, -0.05) is 0 Å². The molecule has 1 N–H and O–H groups in total. The summed E-state index contributed by atoms with van der Waals surface area (Å²) in [5, 5.41) is 2.78. The first-order valence-electron chi connectivity index (χ1n) is 7.90. The topological polar surface area (TPSA) is 84.9 Å². The van der Waals surface area contributed by atoms with E-state index in [1.165, 1.54) is 23.5 Å². The highest BCUT2D eigenvalue weighted by Crippen LogP contribution is 2.25. The third kappa shape index (κ3) is 4.46. The number of rotatable bonds is 7. The number of nitrogens with one attached hydrogen (secondary N) is 1. The van der Waals surface area contributed by atoms with Gasteiger partial charge in [-0.05, 0) is 37.1 Å². The molecule has 0 saturated carbocycles. The second kappa shape index (κ2) is 8.46. The van der Waals surface area contributed by atoms with Gasteiger partial charge in [-0.25, -0.2) is 8.42 Å². The second-order valence-corrected chi connectivity index (χ2v) is 7.60. The Morgan fingerprint density at radius 1 is 1.29 bits per heavy atom. The molecule has 0 radical (unpaired) electrons. The second-order valence-electron chi connectivity index (χ2n) is 5.66. The standard InChI is InChI=1S/C16H24N2O5S/c1-22-11-9-17-16(19)13-4-3-10-18(12-13)24(20,21)15-7-5-14(23-2)6-8-15/h5-8,13H,3-4,9-12H2,1-2H3,(H,17,19). The van der Waals surface area contributed by atoms with Gasteiger partial charge < -0.3 is 14.8 Å². The van der Waals surface area contributed by atoms with Crippen molar-refractivity contribution in [3.8, 4) is 5.75 Å². The van der Waals surface area contributed by atoms with E-state index in [0.29, 0.717) is 38.3 Å². The Hall–Kier alpha value is -1.64. The van der Waals surface area contributed by atoms with Crippen LogP contribution in [-0.2, 0) is 19.6 Å². The summed E-state index contributed by atoms with van der Waals surface area (Å²) >= 11 is 0. The summed E-state index contributed by atoms with van der Waals surface area (Å²) in [6.45, 7) is 1.49. The molecule has 0 aliphatic carbocycles. The number of hydrogen-bond acceptors (Lipinski definition) is 5. The number of carbonyl (C=O) groups excluding carboxylic acids is 1. The third-order valence-electron chi connectivity index (χ3n) is 4.06. The summed E-state index contributed by atoms with van der Waals surface area (Å²) in [7, 11) is -0.511. The quantitative estimate of drug-likeness (QED) is 0.733. The normalized spacial score (nSPS) is 19.0. The minimum absolute atomic E-state index is 0.123. The van der Waals surface area contributed by atoms with Crippen LogP contribution in [0.25, 0.3) is 0 Å². The maximum Gasteiger partial charge on any atom is 0.243 e. The number of hydrogen-bond donors (Lipinski definition) is 1. The lowest BCUT2D eigenvalue weighted by Gasteiger charge is -2.31. The molecule has 0 bridgehead atoms. The first kappa shape index (κ1) is 18.7. The number of carbonyl (C=O) groups is 1. The van der Waals surface area contributed by atoms with Gasteiger partial charge in [0.2, 0.25) is 15.9 Å². The zero-order valence-corrected chi connectivity index (χ0v) is 14.8. The Bertz CT molecular complexity index is 645. The van der Waals surface area contributed by atoms with Crippen LogP contribution in [0.4, 0.5) is 0 Å². The molecule has 7 nitrogen and oxygen atoms in total. The minimum atomic E-state index is -3.61. The molecule has 0 aromatic heterocycles. The first-order valence-corrected chi connectivity index (χ1v) is 9.34. The van der Waals surface area contributed by atoms with E-state index in [-0.39, 0.29) is 23.3 Å². The van der Waals surface area contributed by atoms with Crippen molar-refractivity contribution < 1.29 is 22.7 Å². The fourth-order valence-corrected chi connectivity index (χ4v) is 4.22. The maximum absolute atomic E-state index is 12.7. The largest absolute Gasteiger partial charge is 0.497 e.